The van der Waals surface area contributed by atoms with E-state index in [4.69, 9.17) is 0 Å². The molecule has 1 rings (SSSR count). The van der Waals surface area contributed by atoms with Gasteiger partial charge >= 0.3 is 0 Å². The Morgan fingerprint density at radius 3 is 2.39 bits per heavy atom. The van der Waals surface area contributed by atoms with E-state index in [0.29, 0.717) is 6.04 Å². The summed E-state index contributed by atoms with van der Waals surface area (Å²) in [5, 5.41) is 3.60. The molecule has 0 fully saturated rings. The minimum Gasteiger partial charge on any atom is -0.310 e. The van der Waals surface area contributed by atoms with Gasteiger partial charge in [-0.15, -0.1) is 0 Å². The molecule has 1 N–H and O–H groups in total. The van der Waals surface area contributed by atoms with Crippen LogP contribution in [0.15, 0.2) is 24.3 Å². The van der Waals surface area contributed by atoms with Crippen LogP contribution in [-0.2, 0) is 0 Å². The van der Waals surface area contributed by atoms with Gasteiger partial charge in [-0.25, -0.2) is 0 Å². The second-order valence-corrected chi connectivity index (χ2v) is 5.98. The second kappa shape index (κ2) is 9.46. The summed E-state index contributed by atoms with van der Waals surface area (Å²) in [6, 6.07) is 9.31. The minimum atomic E-state index is 0.469. The van der Waals surface area contributed by atoms with Gasteiger partial charge in [0.05, 0.1) is 0 Å². The SMILES string of the molecule is CSCCCCCCNC(C)c1ccc(C)cc1. The Balaban J connectivity index is 2.10. The first kappa shape index (κ1) is 15.6. The smallest absolute Gasteiger partial charge is 0.0291 e. The van der Waals surface area contributed by atoms with E-state index in [-0.39, 0.29) is 0 Å². The number of benzene rings is 1. The third-order valence-corrected chi connectivity index (χ3v) is 4.00. The molecule has 1 aromatic carbocycles. The molecule has 0 aliphatic rings. The summed E-state index contributed by atoms with van der Waals surface area (Å²) in [7, 11) is 0. The number of nitrogens with one attached hydrogen (secondary N) is 1. The van der Waals surface area contributed by atoms with Gasteiger partial charge in [-0.05, 0) is 50.8 Å². The fourth-order valence-corrected chi connectivity index (χ4v) is 2.51. The lowest BCUT2D eigenvalue weighted by Gasteiger charge is -2.14. The number of thioether (sulfide) groups is 1. The first-order valence-corrected chi connectivity index (χ1v) is 8.42. The molecule has 0 heterocycles. The van der Waals surface area contributed by atoms with E-state index in [1.807, 2.05) is 11.8 Å². The van der Waals surface area contributed by atoms with E-state index in [2.05, 4.69) is 49.7 Å². The molecular weight excluding hydrogens is 238 g/mol. The lowest BCUT2D eigenvalue weighted by molar-refractivity contribution is 0.537. The van der Waals surface area contributed by atoms with Crippen molar-refractivity contribution in [3.63, 3.8) is 0 Å². The molecule has 0 aromatic heterocycles. The molecule has 1 unspecified atom stereocenters. The predicted octanol–water partition coefficient (Wildman–Crippen LogP) is 4.57. The molecule has 1 atom stereocenters. The zero-order valence-electron chi connectivity index (χ0n) is 12.0. The Labute approximate surface area is 117 Å². The molecule has 1 nitrogen and oxygen atoms in total. The van der Waals surface area contributed by atoms with Gasteiger partial charge in [0.2, 0.25) is 0 Å². The van der Waals surface area contributed by atoms with Gasteiger partial charge in [0.15, 0.2) is 0 Å². The zero-order valence-corrected chi connectivity index (χ0v) is 12.9. The van der Waals surface area contributed by atoms with E-state index in [9.17, 15) is 0 Å². The van der Waals surface area contributed by atoms with Crippen molar-refractivity contribution >= 4 is 11.8 Å². The van der Waals surface area contributed by atoms with Crippen molar-refractivity contribution in [2.24, 2.45) is 0 Å². The molecule has 0 saturated carbocycles. The van der Waals surface area contributed by atoms with Gasteiger partial charge in [-0.2, -0.15) is 11.8 Å². The maximum absolute atomic E-state index is 3.60. The first-order valence-electron chi connectivity index (χ1n) is 7.03. The van der Waals surface area contributed by atoms with Crippen LogP contribution in [0.1, 0.15) is 49.8 Å². The fraction of sp³-hybridized carbons (Fsp3) is 0.625. The third kappa shape index (κ3) is 6.46. The third-order valence-electron chi connectivity index (χ3n) is 3.30. The van der Waals surface area contributed by atoms with Crippen molar-refractivity contribution < 1.29 is 0 Å². The van der Waals surface area contributed by atoms with Crippen LogP contribution >= 0.6 is 11.8 Å². The average Bonchev–Trinajstić information content (AvgIpc) is 2.38. The van der Waals surface area contributed by atoms with Crippen molar-refractivity contribution in [3.8, 4) is 0 Å². The Kier molecular flexibility index (Phi) is 8.19. The lowest BCUT2D eigenvalue weighted by Crippen LogP contribution is -2.19. The summed E-state index contributed by atoms with van der Waals surface area (Å²) < 4.78 is 0. The molecule has 1 aromatic rings. The van der Waals surface area contributed by atoms with Crippen molar-refractivity contribution in [2.45, 2.75) is 45.6 Å². The molecule has 18 heavy (non-hydrogen) atoms. The highest BCUT2D eigenvalue weighted by Gasteiger charge is 2.03. The Bertz CT molecular complexity index is 307. The van der Waals surface area contributed by atoms with Crippen LogP contribution < -0.4 is 5.32 Å². The summed E-state index contributed by atoms with van der Waals surface area (Å²) >= 11 is 1.95. The average molecular weight is 265 g/mol. The van der Waals surface area contributed by atoms with Crippen LogP contribution in [0.25, 0.3) is 0 Å². The predicted molar refractivity (Wildman–Crippen MR) is 84.4 cm³/mol. The van der Waals surface area contributed by atoms with Crippen LogP contribution in [0.2, 0.25) is 0 Å². The largest absolute Gasteiger partial charge is 0.310 e. The van der Waals surface area contributed by atoms with Gasteiger partial charge in [0.25, 0.3) is 0 Å². The number of unbranched alkanes of at least 4 members (excludes halogenated alkanes) is 3. The van der Waals surface area contributed by atoms with Crippen molar-refractivity contribution in [1.29, 1.82) is 0 Å². The fourth-order valence-electron chi connectivity index (χ4n) is 2.02. The molecule has 102 valence electrons. The Morgan fingerprint density at radius 1 is 1.06 bits per heavy atom. The van der Waals surface area contributed by atoms with Crippen molar-refractivity contribution in [2.75, 3.05) is 18.6 Å². The van der Waals surface area contributed by atoms with E-state index in [1.54, 1.807) is 0 Å². The van der Waals surface area contributed by atoms with Gasteiger partial charge in [-0.3, -0.25) is 0 Å². The molecule has 0 radical (unpaired) electrons. The Hall–Kier alpha value is -0.470. The highest BCUT2D eigenvalue weighted by molar-refractivity contribution is 7.98. The van der Waals surface area contributed by atoms with Crippen molar-refractivity contribution in [3.05, 3.63) is 35.4 Å². The maximum atomic E-state index is 3.60. The van der Waals surface area contributed by atoms with Crippen LogP contribution in [0.4, 0.5) is 0 Å². The second-order valence-electron chi connectivity index (χ2n) is 4.99. The summed E-state index contributed by atoms with van der Waals surface area (Å²) in [5.41, 5.74) is 2.72. The molecule has 0 aliphatic carbocycles. The number of aryl methyl sites for hydroxylation is 1. The highest BCUT2D eigenvalue weighted by Crippen LogP contribution is 2.13. The lowest BCUT2D eigenvalue weighted by atomic mass is 10.1. The van der Waals surface area contributed by atoms with E-state index in [1.165, 1.54) is 42.6 Å². The van der Waals surface area contributed by atoms with E-state index >= 15 is 0 Å². The summed E-state index contributed by atoms with van der Waals surface area (Å²) in [4.78, 5) is 0. The van der Waals surface area contributed by atoms with Gasteiger partial charge < -0.3 is 5.32 Å². The van der Waals surface area contributed by atoms with Crippen LogP contribution in [-0.4, -0.2) is 18.6 Å². The first-order chi connectivity index (χ1) is 8.74. The van der Waals surface area contributed by atoms with Gasteiger partial charge in [0, 0.05) is 6.04 Å². The van der Waals surface area contributed by atoms with Crippen LogP contribution in [0.3, 0.4) is 0 Å². The molecule has 0 bridgehead atoms. The molecule has 0 aliphatic heterocycles. The normalized spacial score (nSPS) is 12.6. The highest BCUT2D eigenvalue weighted by atomic mass is 32.2. The zero-order chi connectivity index (χ0) is 13.2. The number of hydrogen-bond donors (Lipinski definition) is 1. The summed E-state index contributed by atoms with van der Waals surface area (Å²) in [6.07, 6.45) is 7.58. The van der Waals surface area contributed by atoms with Crippen LogP contribution in [0, 0.1) is 6.92 Å². The molecular formula is C16H27NS. The van der Waals surface area contributed by atoms with E-state index < -0.39 is 0 Å². The molecule has 2 heteroatoms. The Morgan fingerprint density at radius 2 is 1.72 bits per heavy atom. The maximum Gasteiger partial charge on any atom is 0.0291 e. The quantitative estimate of drug-likeness (QED) is 0.656. The standard InChI is InChI=1S/C16H27NS/c1-14-8-10-16(11-9-14)15(2)17-12-6-4-5-7-13-18-3/h8-11,15,17H,4-7,12-13H2,1-3H3. The van der Waals surface area contributed by atoms with Crippen molar-refractivity contribution in [1.82, 2.24) is 5.32 Å². The monoisotopic (exact) mass is 265 g/mol. The summed E-state index contributed by atoms with van der Waals surface area (Å²) in [6.45, 7) is 5.52. The summed E-state index contributed by atoms with van der Waals surface area (Å²) in [5.74, 6) is 1.31. The van der Waals surface area contributed by atoms with Crippen LogP contribution in [0.5, 0.6) is 0 Å². The number of rotatable bonds is 9. The molecule has 0 amide bonds. The van der Waals surface area contributed by atoms with Gasteiger partial charge in [0.1, 0.15) is 0 Å². The molecule has 0 spiro atoms. The molecule has 0 saturated heterocycles. The minimum absolute atomic E-state index is 0.469. The topological polar surface area (TPSA) is 12.0 Å². The van der Waals surface area contributed by atoms with Gasteiger partial charge in [-0.1, -0.05) is 42.7 Å². The van der Waals surface area contributed by atoms with E-state index in [0.717, 1.165) is 6.54 Å². The number of hydrogen-bond acceptors (Lipinski definition) is 2.